The van der Waals surface area contributed by atoms with Gasteiger partial charge in [-0.15, -0.1) is 0 Å². The van der Waals surface area contributed by atoms with Gasteiger partial charge in [0.2, 0.25) is 0 Å². The van der Waals surface area contributed by atoms with Gasteiger partial charge in [-0.1, -0.05) is 6.92 Å². The molecule has 2 aliphatic heterocycles. The lowest BCUT2D eigenvalue weighted by Crippen LogP contribution is -2.66. The van der Waals surface area contributed by atoms with Crippen LogP contribution in [0, 0.1) is 5.92 Å². The zero-order valence-electron chi connectivity index (χ0n) is 13.8. The molecule has 0 aromatic rings. The smallest absolute Gasteiger partial charge is 0.176 e. The molecule has 2 fully saturated rings. The van der Waals surface area contributed by atoms with E-state index in [0.717, 1.165) is 0 Å². The molecule has 0 aliphatic carbocycles. The Morgan fingerprint density at radius 1 is 0.917 bits per heavy atom. The quantitative estimate of drug-likeness (QED) is 0.291. The molecule has 2 rings (SSSR count). The molecule has 0 radical (unpaired) electrons. The number of aliphatic hydroxyl groups excluding tert-OH is 4. The van der Waals surface area contributed by atoms with E-state index in [0.29, 0.717) is 0 Å². The first-order chi connectivity index (χ1) is 11.3. The molecule has 2 aliphatic rings. The summed E-state index contributed by atoms with van der Waals surface area (Å²) in [5, 5.41) is 39.4. The number of hydrogen-bond acceptors (Lipinski definition) is 10. The van der Waals surface area contributed by atoms with Crippen molar-refractivity contribution < 1.29 is 39.4 Å². The predicted octanol–water partition coefficient (Wildman–Crippen LogP) is -3.54. The monoisotopic (exact) mass is 352 g/mol. The Hall–Kier alpha value is -0.400. The summed E-state index contributed by atoms with van der Waals surface area (Å²) in [5.74, 6) is -0.383. The highest BCUT2D eigenvalue weighted by molar-refractivity contribution is 4.95. The molecular weight excluding hydrogens is 324 g/mol. The average molecular weight is 352 g/mol. The van der Waals surface area contributed by atoms with Gasteiger partial charge in [-0.25, -0.2) is 0 Å². The summed E-state index contributed by atoms with van der Waals surface area (Å²) in [6.07, 6.45) is -6.78. The number of rotatable bonds is 5. The van der Waals surface area contributed by atoms with Crippen LogP contribution in [0.25, 0.3) is 0 Å². The van der Waals surface area contributed by atoms with E-state index in [9.17, 15) is 20.4 Å². The van der Waals surface area contributed by atoms with E-state index in [-0.39, 0.29) is 12.5 Å². The van der Waals surface area contributed by atoms with Crippen molar-refractivity contribution in [2.75, 3.05) is 20.3 Å². The molecule has 0 spiro atoms. The fourth-order valence-electron chi connectivity index (χ4n) is 3.07. The van der Waals surface area contributed by atoms with E-state index in [1.165, 1.54) is 7.11 Å². The van der Waals surface area contributed by atoms with E-state index >= 15 is 0 Å². The third-order valence-electron chi connectivity index (χ3n) is 4.75. The summed E-state index contributed by atoms with van der Waals surface area (Å²) in [6, 6.07) is -1.80. The minimum atomic E-state index is -1.21. The molecule has 2 saturated heterocycles. The van der Waals surface area contributed by atoms with E-state index in [1.807, 2.05) is 0 Å². The van der Waals surface area contributed by atoms with Crippen molar-refractivity contribution in [3.63, 3.8) is 0 Å². The number of nitrogens with two attached hydrogens (primary N) is 2. The third kappa shape index (κ3) is 3.73. The van der Waals surface area contributed by atoms with Crippen LogP contribution in [0.1, 0.15) is 6.92 Å². The molecule has 142 valence electrons. The zero-order chi connectivity index (χ0) is 18.0. The fourth-order valence-corrected chi connectivity index (χ4v) is 3.07. The summed E-state index contributed by atoms with van der Waals surface area (Å²) in [6.45, 7) is 0.942. The standard InChI is InChI=1S/C14H28N2O8/c1-5-6(3-17)22-14(8(15)10(5)19)24-12-7(4-18)23-13(21-2)9(16)11(12)20/h5-14,17-20H,3-4,15-16H2,1-2H3/t5-,6?,7+,8?,9?,10+,11?,12-,13-,14+/m1/s1. The molecule has 0 aromatic heterocycles. The van der Waals surface area contributed by atoms with Crippen LogP contribution in [0.3, 0.4) is 0 Å². The maximum absolute atomic E-state index is 10.4. The van der Waals surface area contributed by atoms with Gasteiger partial charge in [0.25, 0.3) is 0 Å². The maximum atomic E-state index is 10.4. The molecule has 0 saturated carbocycles. The first-order valence-corrected chi connectivity index (χ1v) is 7.93. The van der Waals surface area contributed by atoms with Crippen LogP contribution in [0.15, 0.2) is 0 Å². The number of hydrogen-bond donors (Lipinski definition) is 6. The van der Waals surface area contributed by atoms with Crippen LogP contribution in [0.5, 0.6) is 0 Å². The Morgan fingerprint density at radius 2 is 1.46 bits per heavy atom. The summed E-state index contributed by atoms with van der Waals surface area (Å²) < 4.78 is 21.8. The SMILES string of the molecule is CO[C@@H]1O[C@@H](CO)[C@@H](O[C@@H]2OC(CO)[C@@H](C)[C@H](O)C2N)C(O)C1N. The average Bonchev–Trinajstić information content (AvgIpc) is 2.59. The van der Waals surface area contributed by atoms with E-state index in [1.54, 1.807) is 6.92 Å². The Morgan fingerprint density at radius 3 is 2.00 bits per heavy atom. The summed E-state index contributed by atoms with van der Waals surface area (Å²) >= 11 is 0. The zero-order valence-corrected chi connectivity index (χ0v) is 13.8. The van der Waals surface area contributed by atoms with Gasteiger partial charge in [-0.05, 0) is 0 Å². The van der Waals surface area contributed by atoms with Gasteiger partial charge in [0.15, 0.2) is 12.6 Å². The predicted molar refractivity (Wildman–Crippen MR) is 80.5 cm³/mol. The third-order valence-corrected chi connectivity index (χ3v) is 4.75. The second kappa shape index (κ2) is 8.32. The van der Waals surface area contributed by atoms with Gasteiger partial charge in [0.1, 0.15) is 18.3 Å². The molecule has 2 heterocycles. The molecule has 0 aromatic carbocycles. The number of ether oxygens (including phenoxy) is 4. The highest BCUT2D eigenvalue weighted by Gasteiger charge is 2.48. The lowest BCUT2D eigenvalue weighted by Gasteiger charge is -2.46. The Kier molecular flexibility index (Phi) is 6.90. The molecule has 0 amide bonds. The van der Waals surface area contributed by atoms with Crippen LogP contribution in [0.2, 0.25) is 0 Å². The largest absolute Gasteiger partial charge is 0.394 e. The van der Waals surface area contributed by atoms with Crippen molar-refractivity contribution in [2.45, 2.75) is 62.1 Å². The van der Waals surface area contributed by atoms with Crippen molar-refractivity contribution in [1.82, 2.24) is 0 Å². The van der Waals surface area contributed by atoms with Gasteiger partial charge < -0.3 is 50.8 Å². The second-order valence-corrected chi connectivity index (χ2v) is 6.28. The first kappa shape index (κ1) is 19.9. The van der Waals surface area contributed by atoms with E-state index in [2.05, 4.69) is 0 Å². The van der Waals surface area contributed by atoms with Gasteiger partial charge in [0.05, 0.1) is 37.5 Å². The highest BCUT2D eigenvalue weighted by Crippen LogP contribution is 2.29. The molecule has 4 unspecified atom stereocenters. The van der Waals surface area contributed by atoms with Crippen LogP contribution in [-0.4, -0.2) is 95.9 Å². The minimum Gasteiger partial charge on any atom is -0.394 e. The normalized spacial score (nSPS) is 50.0. The summed E-state index contributed by atoms with van der Waals surface area (Å²) in [7, 11) is 1.37. The maximum Gasteiger partial charge on any atom is 0.176 e. The minimum absolute atomic E-state index is 0.316. The number of aliphatic hydroxyl groups is 4. The topological polar surface area (TPSA) is 170 Å². The first-order valence-electron chi connectivity index (χ1n) is 7.93. The second-order valence-electron chi connectivity index (χ2n) is 6.28. The molecule has 0 bridgehead atoms. The number of methoxy groups -OCH3 is 1. The molecule has 24 heavy (non-hydrogen) atoms. The Labute approximate surface area is 140 Å². The van der Waals surface area contributed by atoms with Crippen molar-refractivity contribution >= 4 is 0 Å². The van der Waals surface area contributed by atoms with Gasteiger partial charge in [0, 0.05) is 13.0 Å². The lowest BCUT2D eigenvalue weighted by atomic mass is 9.89. The van der Waals surface area contributed by atoms with Gasteiger partial charge >= 0.3 is 0 Å². The lowest BCUT2D eigenvalue weighted by molar-refractivity contribution is -0.321. The van der Waals surface area contributed by atoms with Crippen molar-refractivity contribution in [2.24, 2.45) is 17.4 Å². The van der Waals surface area contributed by atoms with Gasteiger partial charge in [-0.3, -0.25) is 0 Å². The Balaban J connectivity index is 2.12. The summed E-state index contributed by atoms with van der Waals surface area (Å²) in [4.78, 5) is 0. The molecule has 10 heteroatoms. The van der Waals surface area contributed by atoms with Crippen molar-refractivity contribution in [3.05, 3.63) is 0 Å². The molecule has 8 N–H and O–H groups in total. The van der Waals surface area contributed by atoms with Crippen molar-refractivity contribution in [1.29, 1.82) is 0 Å². The van der Waals surface area contributed by atoms with E-state index in [4.69, 9.17) is 30.4 Å². The van der Waals surface area contributed by atoms with Crippen LogP contribution >= 0.6 is 0 Å². The molecule has 10 nitrogen and oxygen atoms in total. The Bertz CT molecular complexity index is 399. The fraction of sp³-hybridized carbons (Fsp3) is 1.00. The van der Waals surface area contributed by atoms with E-state index < -0.39 is 61.8 Å². The molecular formula is C14H28N2O8. The van der Waals surface area contributed by atoms with Crippen LogP contribution in [0.4, 0.5) is 0 Å². The van der Waals surface area contributed by atoms with Crippen LogP contribution in [-0.2, 0) is 18.9 Å². The van der Waals surface area contributed by atoms with Gasteiger partial charge in [-0.2, -0.15) is 0 Å². The van der Waals surface area contributed by atoms with Crippen LogP contribution < -0.4 is 11.5 Å². The van der Waals surface area contributed by atoms with Crippen molar-refractivity contribution in [3.8, 4) is 0 Å². The molecule has 10 atom stereocenters. The highest BCUT2D eigenvalue weighted by atomic mass is 16.7. The summed E-state index contributed by atoms with van der Waals surface area (Å²) in [5.41, 5.74) is 11.8.